The van der Waals surface area contributed by atoms with Crippen molar-refractivity contribution in [3.8, 4) is 0 Å². The van der Waals surface area contributed by atoms with Crippen molar-refractivity contribution in [3.63, 3.8) is 0 Å². The Morgan fingerprint density at radius 2 is 2.05 bits per heavy atom. The number of nitrogen functional groups attached to an aromatic ring is 1. The van der Waals surface area contributed by atoms with Gasteiger partial charge in [0.1, 0.15) is 12.4 Å². The molecule has 0 aliphatic rings. The summed E-state index contributed by atoms with van der Waals surface area (Å²) in [6.07, 6.45) is 0. The van der Waals surface area contributed by atoms with Gasteiger partial charge in [-0.15, -0.1) is 0 Å². The van der Waals surface area contributed by atoms with Gasteiger partial charge in [-0.25, -0.2) is 0 Å². The van der Waals surface area contributed by atoms with Crippen LogP contribution in [0.5, 0.6) is 0 Å². The summed E-state index contributed by atoms with van der Waals surface area (Å²) in [6.45, 7) is 3.67. The van der Waals surface area contributed by atoms with Crippen LogP contribution in [0, 0.1) is 0 Å². The summed E-state index contributed by atoms with van der Waals surface area (Å²) >= 11 is 0. The third-order valence-corrected chi connectivity index (χ3v) is 2.80. The van der Waals surface area contributed by atoms with E-state index >= 15 is 0 Å². The molecule has 1 aromatic carbocycles. The van der Waals surface area contributed by atoms with Crippen molar-refractivity contribution in [3.05, 3.63) is 40.7 Å². The fraction of sp³-hybridized carbons (Fsp3) is 0.286. The number of nitrogens with one attached hydrogen (secondary N) is 1. The van der Waals surface area contributed by atoms with Crippen LogP contribution in [0.25, 0.3) is 10.8 Å². The van der Waals surface area contributed by atoms with E-state index in [1.807, 2.05) is 26.0 Å². The number of fused-ring (bicyclic) bond motifs is 1. The standard InChI is InChI=1S/C14H17N3O2/c1-9(2)16-13(18)8-17-12(15)7-10-5-3-4-6-11(10)14(17)19/h3-7,9H,8,15H2,1-2H3,(H,16,18). The third-order valence-electron chi connectivity index (χ3n) is 2.80. The fourth-order valence-electron chi connectivity index (χ4n) is 1.99. The van der Waals surface area contributed by atoms with Gasteiger partial charge in [0.15, 0.2) is 0 Å². The maximum atomic E-state index is 12.3. The normalized spacial score (nSPS) is 10.9. The smallest absolute Gasteiger partial charge is 0.260 e. The highest BCUT2D eigenvalue weighted by Gasteiger charge is 2.11. The van der Waals surface area contributed by atoms with Crippen molar-refractivity contribution in [1.29, 1.82) is 0 Å². The predicted octanol–water partition coefficient (Wildman–Crippen LogP) is 1.11. The number of nitrogens with zero attached hydrogens (tertiary/aromatic N) is 1. The summed E-state index contributed by atoms with van der Waals surface area (Å²) in [7, 11) is 0. The van der Waals surface area contributed by atoms with Crippen LogP contribution in [0.1, 0.15) is 13.8 Å². The van der Waals surface area contributed by atoms with Gasteiger partial charge in [0.25, 0.3) is 5.56 Å². The molecule has 0 fully saturated rings. The Labute approximate surface area is 111 Å². The number of rotatable bonds is 3. The average molecular weight is 259 g/mol. The number of hydrogen-bond acceptors (Lipinski definition) is 3. The van der Waals surface area contributed by atoms with Crippen LogP contribution in [0.4, 0.5) is 5.82 Å². The van der Waals surface area contributed by atoms with Gasteiger partial charge >= 0.3 is 0 Å². The molecule has 1 amide bonds. The molecule has 1 aromatic heterocycles. The summed E-state index contributed by atoms with van der Waals surface area (Å²) in [5.74, 6) is 0.0710. The maximum absolute atomic E-state index is 12.3. The molecule has 19 heavy (non-hydrogen) atoms. The van der Waals surface area contributed by atoms with E-state index in [9.17, 15) is 9.59 Å². The van der Waals surface area contributed by atoms with Crippen molar-refractivity contribution in [2.45, 2.75) is 26.4 Å². The molecular weight excluding hydrogens is 242 g/mol. The van der Waals surface area contributed by atoms with Gasteiger partial charge in [0, 0.05) is 11.4 Å². The zero-order valence-electron chi connectivity index (χ0n) is 11.0. The molecule has 0 bridgehead atoms. The first-order valence-corrected chi connectivity index (χ1v) is 6.16. The number of aromatic nitrogens is 1. The molecule has 2 aromatic rings. The minimum atomic E-state index is -0.241. The third kappa shape index (κ3) is 2.76. The zero-order chi connectivity index (χ0) is 14.0. The average Bonchev–Trinajstić information content (AvgIpc) is 2.33. The number of carbonyl (C=O) groups excluding carboxylic acids is 1. The topological polar surface area (TPSA) is 77.1 Å². The Bertz CT molecular complexity index is 674. The monoisotopic (exact) mass is 259 g/mol. The molecule has 0 unspecified atom stereocenters. The molecule has 0 aliphatic carbocycles. The highest BCUT2D eigenvalue weighted by Crippen LogP contribution is 2.12. The van der Waals surface area contributed by atoms with Gasteiger partial charge in [-0.2, -0.15) is 0 Å². The highest BCUT2D eigenvalue weighted by molar-refractivity contribution is 5.84. The summed E-state index contributed by atoms with van der Waals surface area (Å²) < 4.78 is 1.29. The second kappa shape index (κ2) is 5.14. The van der Waals surface area contributed by atoms with E-state index in [2.05, 4.69) is 5.32 Å². The van der Waals surface area contributed by atoms with Crippen molar-refractivity contribution in [2.75, 3.05) is 5.73 Å². The lowest BCUT2D eigenvalue weighted by molar-refractivity contribution is -0.122. The molecule has 0 spiro atoms. The highest BCUT2D eigenvalue weighted by atomic mass is 16.2. The van der Waals surface area contributed by atoms with Crippen LogP contribution in [-0.4, -0.2) is 16.5 Å². The van der Waals surface area contributed by atoms with E-state index in [1.165, 1.54) is 4.57 Å². The Morgan fingerprint density at radius 3 is 2.74 bits per heavy atom. The van der Waals surface area contributed by atoms with E-state index in [4.69, 9.17) is 5.73 Å². The minimum absolute atomic E-state index is 0.0323. The summed E-state index contributed by atoms with van der Waals surface area (Å²) in [5, 5.41) is 4.09. The Balaban J connectivity index is 2.44. The number of pyridine rings is 1. The SMILES string of the molecule is CC(C)NC(=O)Cn1c(N)cc2ccccc2c1=O. The molecule has 5 nitrogen and oxygen atoms in total. The molecule has 3 N–H and O–H groups in total. The molecule has 5 heteroatoms. The van der Waals surface area contributed by atoms with Crippen molar-refractivity contribution < 1.29 is 4.79 Å². The summed E-state index contributed by atoms with van der Waals surface area (Å²) in [5.41, 5.74) is 5.61. The second-order valence-electron chi connectivity index (χ2n) is 4.77. The van der Waals surface area contributed by atoms with Crippen LogP contribution in [0.15, 0.2) is 35.1 Å². The van der Waals surface area contributed by atoms with Gasteiger partial charge in [-0.1, -0.05) is 18.2 Å². The molecule has 100 valence electrons. The van der Waals surface area contributed by atoms with Crippen LogP contribution in [0.2, 0.25) is 0 Å². The molecule has 2 rings (SSSR count). The van der Waals surface area contributed by atoms with E-state index in [0.29, 0.717) is 11.2 Å². The second-order valence-corrected chi connectivity index (χ2v) is 4.77. The number of benzene rings is 1. The first-order chi connectivity index (χ1) is 8.99. The largest absolute Gasteiger partial charge is 0.385 e. The number of anilines is 1. The fourth-order valence-corrected chi connectivity index (χ4v) is 1.99. The van der Waals surface area contributed by atoms with E-state index < -0.39 is 0 Å². The zero-order valence-corrected chi connectivity index (χ0v) is 11.0. The van der Waals surface area contributed by atoms with Gasteiger partial charge in [0.2, 0.25) is 5.91 Å². The van der Waals surface area contributed by atoms with E-state index in [-0.39, 0.29) is 24.1 Å². The number of carbonyl (C=O) groups is 1. The predicted molar refractivity (Wildman–Crippen MR) is 75.9 cm³/mol. The van der Waals surface area contributed by atoms with Gasteiger partial charge in [-0.05, 0) is 31.4 Å². The molecule has 0 saturated carbocycles. The number of nitrogens with two attached hydrogens (primary N) is 1. The van der Waals surface area contributed by atoms with E-state index in [0.717, 1.165) is 5.39 Å². The van der Waals surface area contributed by atoms with Crippen molar-refractivity contribution in [2.24, 2.45) is 0 Å². The van der Waals surface area contributed by atoms with Crippen LogP contribution in [-0.2, 0) is 11.3 Å². The van der Waals surface area contributed by atoms with Gasteiger partial charge in [-0.3, -0.25) is 14.2 Å². The Hall–Kier alpha value is -2.30. The molecule has 0 saturated heterocycles. The Morgan fingerprint density at radius 1 is 1.37 bits per heavy atom. The van der Waals surface area contributed by atoms with Gasteiger partial charge in [0.05, 0.1) is 0 Å². The molecule has 0 radical (unpaired) electrons. The first-order valence-electron chi connectivity index (χ1n) is 6.16. The Kier molecular flexibility index (Phi) is 3.55. The maximum Gasteiger partial charge on any atom is 0.260 e. The van der Waals surface area contributed by atoms with Crippen LogP contribution >= 0.6 is 0 Å². The molecule has 0 aliphatic heterocycles. The summed E-state index contributed by atoms with van der Waals surface area (Å²) in [4.78, 5) is 24.0. The molecule has 0 atom stereocenters. The summed E-state index contributed by atoms with van der Waals surface area (Å²) in [6, 6.07) is 8.93. The van der Waals surface area contributed by atoms with Crippen LogP contribution in [0.3, 0.4) is 0 Å². The number of amides is 1. The molecule has 1 heterocycles. The first kappa shape index (κ1) is 13.1. The number of hydrogen-bond donors (Lipinski definition) is 2. The van der Waals surface area contributed by atoms with Crippen LogP contribution < -0.4 is 16.6 Å². The van der Waals surface area contributed by atoms with Crippen molar-refractivity contribution in [1.82, 2.24) is 9.88 Å². The van der Waals surface area contributed by atoms with E-state index in [1.54, 1.807) is 18.2 Å². The minimum Gasteiger partial charge on any atom is -0.385 e. The lowest BCUT2D eigenvalue weighted by Crippen LogP contribution is -2.36. The quantitative estimate of drug-likeness (QED) is 0.866. The lowest BCUT2D eigenvalue weighted by Gasteiger charge is -2.13. The van der Waals surface area contributed by atoms with Gasteiger partial charge < -0.3 is 11.1 Å². The lowest BCUT2D eigenvalue weighted by atomic mass is 10.1. The van der Waals surface area contributed by atoms with Crippen molar-refractivity contribution >= 4 is 22.5 Å². The molecular formula is C14H17N3O2.